The third-order valence-corrected chi connectivity index (χ3v) is 5.93. The van der Waals surface area contributed by atoms with Crippen LogP contribution in [0.4, 0.5) is 4.39 Å². The zero-order valence-electron chi connectivity index (χ0n) is 16.6. The van der Waals surface area contributed by atoms with Gasteiger partial charge in [0.1, 0.15) is 5.82 Å². The largest absolute Gasteiger partial charge is 0.335 e. The molecule has 4 aromatic rings. The molecule has 0 radical (unpaired) electrons. The Hall–Kier alpha value is -3.48. The summed E-state index contributed by atoms with van der Waals surface area (Å²) in [5.41, 5.74) is 3.33. The summed E-state index contributed by atoms with van der Waals surface area (Å²) in [5, 5.41) is 12.5. The van der Waals surface area contributed by atoms with Gasteiger partial charge in [-0.1, -0.05) is 18.2 Å². The highest BCUT2D eigenvalue weighted by Gasteiger charge is 2.34. The van der Waals surface area contributed by atoms with Crippen LogP contribution in [-0.2, 0) is 6.54 Å². The number of amides is 1. The molecule has 0 spiro atoms. The van der Waals surface area contributed by atoms with E-state index in [0.717, 1.165) is 35.0 Å². The average Bonchev–Trinajstić information content (AvgIpc) is 3.48. The van der Waals surface area contributed by atoms with Crippen LogP contribution >= 0.6 is 0 Å². The van der Waals surface area contributed by atoms with E-state index >= 15 is 0 Å². The van der Waals surface area contributed by atoms with Gasteiger partial charge in [-0.05, 0) is 49.1 Å². The van der Waals surface area contributed by atoms with Crippen molar-refractivity contribution in [2.75, 3.05) is 6.54 Å². The van der Waals surface area contributed by atoms with Crippen molar-refractivity contribution in [3.63, 3.8) is 0 Å². The Kier molecular flexibility index (Phi) is 4.58. The molecule has 1 saturated heterocycles. The highest BCUT2D eigenvalue weighted by Crippen LogP contribution is 2.29. The Morgan fingerprint density at radius 1 is 1.20 bits per heavy atom. The van der Waals surface area contributed by atoms with Crippen molar-refractivity contribution in [1.29, 1.82) is 0 Å². The number of nitrogens with zero attached hydrogens (tertiary/aromatic N) is 4. The van der Waals surface area contributed by atoms with Crippen LogP contribution in [0.5, 0.6) is 0 Å². The van der Waals surface area contributed by atoms with Crippen molar-refractivity contribution in [1.82, 2.24) is 24.9 Å². The van der Waals surface area contributed by atoms with Crippen molar-refractivity contribution in [2.24, 2.45) is 5.92 Å². The molecule has 3 heterocycles. The van der Waals surface area contributed by atoms with Crippen LogP contribution < -0.4 is 0 Å². The van der Waals surface area contributed by atoms with Gasteiger partial charge in [0.05, 0.1) is 23.5 Å². The molecule has 1 amide bonds. The van der Waals surface area contributed by atoms with E-state index in [9.17, 15) is 9.18 Å². The number of hydrogen-bond acceptors (Lipinski definition) is 3. The number of fused-ring (bicyclic) bond motifs is 1. The maximum absolute atomic E-state index is 14.1. The van der Waals surface area contributed by atoms with Gasteiger partial charge in [0, 0.05) is 36.3 Å². The van der Waals surface area contributed by atoms with Crippen LogP contribution in [0, 0.1) is 11.7 Å². The summed E-state index contributed by atoms with van der Waals surface area (Å²) >= 11 is 0. The Morgan fingerprint density at radius 3 is 2.87 bits per heavy atom. The van der Waals surface area contributed by atoms with Crippen LogP contribution in [0.2, 0.25) is 0 Å². The molecule has 0 aliphatic carbocycles. The van der Waals surface area contributed by atoms with Gasteiger partial charge in [-0.15, -0.1) is 0 Å². The Balaban J connectivity index is 1.33. The number of rotatable bonds is 4. The third-order valence-electron chi connectivity index (χ3n) is 5.93. The number of hydrogen-bond donors (Lipinski definition) is 1. The number of benzene rings is 2. The lowest BCUT2D eigenvalue weighted by molar-refractivity contribution is 0.0737. The van der Waals surface area contributed by atoms with E-state index in [0.29, 0.717) is 6.54 Å². The first-order chi connectivity index (χ1) is 14.6. The fourth-order valence-corrected chi connectivity index (χ4v) is 4.41. The van der Waals surface area contributed by atoms with E-state index in [-0.39, 0.29) is 23.4 Å². The summed E-state index contributed by atoms with van der Waals surface area (Å²) in [6, 6.07) is 12.5. The smallest absolute Gasteiger partial charge is 0.257 e. The molecule has 1 fully saturated rings. The maximum atomic E-state index is 14.1. The van der Waals surface area contributed by atoms with E-state index in [1.807, 2.05) is 24.0 Å². The van der Waals surface area contributed by atoms with Gasteiger partial charge in [-0.3, -0.25) is 14.6 Å². The third kappa shape index (κ3) is 3.26. The molecule has 1 aliphatic heterocycles. The molecular weight excluding hydrogens is 381 g/mol. The lowest BCUT2D eigenvalue weighted by atomic mass is 10.1. The molecule has 0 saturated carbocycles. The number of nitrogens with one attached hydrogen (secondary N) is 1. The number of halogens is 1. The first-order valence-corrected chi connectivity index (χ1v) is 10.1. The van der Waals surface area contributed by atoms with Gasteiger partial charge in [0.2, 0.25) is 0 Å². The van der Waals surface area contributed by atoms with E-state index in [1.165, 1.54) is 6.07 Å². The quantitative estimate of drug-likeness (QED) is 0.557. The van der Waals surface area contributed by atoms with Gasteiger partial charge in [-0.2, -0.15) is 10.2 Å². The van der Waals surface area contributed by atoms with E-state index in [1.54, 1.807) is 29.3 Å². The van der Waals surface area contributed by atoms with E-state index in [2.05, 4.69) is 33.5 Å². The second-order valence-electron chi connectivity index (χ2n) is 7.98. The van der Waals surface area contributed by atoms with E-state index < -0.39 is 5.82 Å². The summed E-state index contributed by atoms with van der Waals surface area (Å²) in [7, 11) is 0. The first-order valence-electron chi connectivity index (χ1n) is 10.1. The average molecular weight is 403 g/mol. The number of carbonyl (C=O) groups excluding carboxylic acids is 1. The van der Waals surface area contributed by atoms with Crippen molar-refractivity contribution < 1.29 is 9.18 Å². The van der Waals surface area contributed by atoms with Crippen molar-refractivity contribution in [3.05, 3.63) is 72.4 Å². The standard InChI is InChI=1S/C23H22FN5O/c1-15-8-16(13-28(15)23(30)20-4-2-3-5-21(20)24)14-29-22-7-6-17(9-18(22)12-27-29)19-10-25-26-11-19/h2-7,9-12,15-16H,8,13-14H2,1H3,(H,25,26)/t15-,16?/m0/s1. The van der Waals surface area contributed by atoms with Crippen molar-refractivity contribution in [3.8, 4) is 11.1 Å². The van der Waals surface area contributed by atoms with Gasteiger partial charge < -0.3 is 4.90 Å². The summed E-state index contributed by atoms with van der Waals surface area (Å²) in [6.45, 7) is 3.35. The number of H-pyrrole nitrogens is 1. The Labute approximate surface area is 173 Å². The first kappa shape index (κ1) is 18.5. The number of carbonyl (C=O) groups is 1. The molecule has 1 N–H and O–H groups in total. The van der Waals surface area contributed by atoms with Gasteiger partial charge in [-0.25, -0.2) is 4.39 Å². The van der Waals surface area contributed by atoms with Gasteiger partial charge in [0.25, 0.3) is 5.91 Å². The topological polar surface area (TPSA) is 66.8 Å². The predicted molar refractivity (Wildman–Crippen MR) is 112 cm³/mol. The molecule has 7 heteroatoms. The summed E-state index contributed by atoms with van der Waals surface area (Å²) < 4.78 is 16.1. The number of aromatic nitrogens is 4. The second kappa shape index (κ2) is 7.40. The maximum Gasteiger partial charge on any atom is 0.257 e. The predicted octanol–water partition coefficient (Wildman–Crippen LogP) is 4.12. The summed E-state index contributed by atoms with van der Waals surface area (Å²) in [5.74, 6) is -0.435. The number of aromatic amines is 1. The minimum Gasteiger partial charge on any atom is -0.335 e. The lowest BCUT2D eigenvalue weighted by Crippen LogP contribution is -2.34. The van der Waals surface area contributed by atoms with Crippen LogP contribution in [-0.4, -0.2) is 43.4 Å². The molecule has 6 nitrogen and oxygen atoms in total. The van der Waals surface area contributed by atoms with Gasteiger partial charge >= 0.3 is 0 Å². The molecule has 2 aromatic heterocycles. The van der Waals surface area contributed by atoms with Crippen LogP contribution in [0.3, 0.4) is 0 Å². The molecule has 5 rings (SSSR count). The Bertz CT molecular complexity index is 1200. The molecule has 152 valence electrons. The van der Waals surface area contributed by atoms with Crippen molar-refractivity contribution in [2.45, 2.75) is 25.9 Å². The van der Waals surface area contributed by atoms with Crippen molar-refractivity contribution >= 4 is 16.8 Å². The Morgan fingerprint density at radius 2 is 2.07 bits per heavy atom. The highest BCUT2D eigenvalue weighted by molar-refractivity contribution is 5.94. The molecule has 2 atom stereocenters. The fourth-order valence-electron chi connectivity index (χ4n) is 4.41. The second-order valence-corrected chi connectivity index (χ2v) is 7.98. The molecule has 2 aromatic carbocycles. The molecule has 1 unspecified atom stereocenters. The SMILES string of the molecule is C[C@H]1CC(Cn2ncc3cc(-c4cn[nH]c4)ccc32)CN1C(=O)c1ccccc1F. The van der Waals surface area contributed by atoms with E-state index in [4.69, 9.17) is 0 Å². The minimum atomic E-state index is -0.468. The fraction of sp³-hybridized carbons (Fsp3) is 0.261. The van der Waals surface area contributed by atoms with Crippen LogP contribution in [0.15, 0.2) is 61.1 Å². The molecule has 0 bridgehead atoms. The molecule has 30 heavy (non-hydrogen) atoms. The molecular formula is C23H22FN5O. The zero-order valence-corrected chi connectivity index (χ0v) is 16.6. The highest BCUT2D eigenvalue weighted by atomic mass is 19.1. The normalized spacial score (nSPS) is 18.9. The molecule has 1 aliphatic rings. The zero-order chi connectivity index (χ0) is 20.7. The van der Waals surface area contributed by atoms with Gasteiger partial charge in [0.15, 0.2) is 0 Å². The summed E-state index contributed by atoms with van der Waals surface area (Å²) in [4.78, 5) is 14.6. The van der Waals surface area contributed by atoms with Crippen LogP contribution in [0.25, 0.3) is 22.0 Å². The minimum absolute atomic E-state index is 0.0663. The lowest BCUT2D eigenvalue weighted by Gasteiger charge is -2.21. The number of likely N-dealkylation sites (tertiary alicyclic amines) is 1. The monoisotopic (exact) mass is 403 g/mol. The summed E-state index contributed by atoms with van der Waals surface area (Å²) in [6.07, 6.45) is 6.41. The van der Waals surface area contributed by atoms with Crippen LogP contribution in [0.1, 0.15) is 23.7 Å².